The molecule has 0 saturated heterocycles. The zero-order valence-corrected chi connectivity index (χ0v) is 7.52. The van der Waals surface area contributed by atoms with Crippen molar-refractivity contribution in [2.24, 2.45) is 0 Å². The first-order valence-corrected chi connectivity index (χ1v) is 3.92. The molecule has 70 valence electrons. The van der Waals surface area contributed by atoms with Crippen LogP contribution in [-0.2, 0) is 0 Å². The molecule has 1 aromatic heterocycles. The van der Waals surface area contributed by atoms with Crippen molar-refractivity contribution in [1.29, 1.82) is 0 Å². The fourth-order valence-electron chi connectivity index (χ4n) is 0.910. The highest BCUT2D eigenvalue weighted by atomic mass is 16.6. The largest absolute Gasteiger partial charge is 0.312 e. The third kappa shape index (κ3) is 2.22. The maximum absolute atomic E-state index is 10.3. The van der Waals surface area contributed by atoms with Crippen molar-refractivity contribution in [3.63, 3.8) is 0 Å². The molecule has 0 aromatic carbocycles. The fraction of sp³-hybridized carbons (Fsp3) is 0.375. The zero-order chi connectivity index (χ0) is 9.84. The van der Waals surface area contributed by atoms with Gasteiger partial charge in [0.15, 0.2) is 0 Å². The standard InChI is InChI=1S/C8H11N3O2/c1-6(9-2)8-4-3-7(5-10-8)11(12)13/h3-6,9H,1-2H3/t6-/m1/s1. The van der Waals surface area contributed by atoms with Gasteiger partial charge in [-0.2, -0.15) is 0 Å². The molecule has 1 N–H and O–H groups in total. The van der Waals surface area contributed by atoms with Gasteiger partial charge in [0.2, 0.25) is 0 Å². The van der Waals surface area contributed by atoms with E-state index < -0.39 is 4.92 Å². The Bertz CT molecular complexity index is 297. The number of nitrogens with one attached hydrogen (secondary N) is 1. The Morgan fingerprint density at radius 2 is 2.31 bits per heavy atom. The number of nitro groups is 1. The van der Waals surface area contributed by atoms with Crippen LogP contribution in [0.2, 0.25) is 0 Å². The molecule has 0 bridgehead atoms. The van der Waals surface area contributed by atoms with Gasteiger partial charge >= 0.3 is 0 Å². The average molecular weight is 181 g/mol. The maximum atomic E-state index is 10.3. The molecule has 0 amide bonds. The van der Waals surface area contributed by atoms with Crippen molar-refractivity contribution >= 4 is 5.69 Å². The smallest absolute Gasteiger partial charge is 0.287 e. The van der Waals surface area contributed by atoms with Crippen molar-refractivity contribution in [2.45, 2.75) is 13.0 Å². The maximum Gasteiger partial charge on any atom is 0.287 e. The Kier molecular flexibility index (Phi) is 2.92. The van der Waals surface area contributed by atoms with E-state index in [0.29, 0.717) is 0 Å². The number of nitrogens with zero attached hydrogens (tertiary/aromatic N) is 2. The van der Waals surface area contributed by atoms with Crippen LogP contribution in [0.1, 0.15) is 18.7 Å². The van der Waals surface area contributed by atoms with E-state index >= 15 is 0 Å². The van der Waals surface area contributed by atoms with E-state index in [-0.39, 0.29) is 11.7 Å². The highest BCUT2D eigenvalue weighted by molar-refractivity contribution is 5.27. The summed E-state index contributed by atoms with van der Waals surface area (Å²) in [6.07, 6.45) is 1.27. The first kappa shape index (κ1) is 9.60. The molecule has 5 heteroatoms. The second-order valence-electron chi connectivity index (χ2n) is 2.71. The summed E-state index contributed by atoms with van der Waals surface area (Å²) in [7, 11) is 1.81. The van der Waals surface area contributed by atoms with Crippen molar-refractivity contribution in [2.75, 3.05) is 7.05 Å². The van der Waals surface area contributed by atoms with Crippen LogP contribution in [0, 0.1) is 10.1 Å². The van der Waals surface area contributed by atoms with Crippen molar-refractivity contribution < 1.29 is 4.92 Å². The number of aromatic nitrogens is 1. The van der Waals surface area contributed by atoms with E-state index in [0.717, 1.165) is 5.69 Å². The third-order valence-electron chi connectivity index (χ3n) is 1.86. The number of pyridine rings is 1. The fourth-order valence-corrected chi connectivity index (χ4v) is 0.910. The van der Waals surface area contributed by atoms with E-state index in [9.17, 15) is 10.1 Å². The minimum Gasteiger partial charge on any atom is -0.312 e. The average Bonchev–Trinajstić information content (AvgIpc) is 2.17. The van der Waals surface area contributed by atoms with Crippen LogP contribution >= 0.6 is 0 Å². The van der Waals surface area contributed by atoms with Crippen LogP contribution in [0.25, 0.3) is 0 Å². The topological polar surface area (TPSA) is 68.1 Å². The predicted molar refractivity (Wildman–Crippen MR) is 48.4 cm³/mol. The number of rotatable bonds is 3. The molecule has 0 aliphatic rings. The lowest BCUT2D eigenvalue weighted by Gasteiger charge is -2.07. The summed E-state index contributed by atoms with van der Waals surface area (Å²) in [5.41, 5.74) is 0.820. The molecule has 1 atom stereocenters. The van der Waals surface area contributed by atoms with E-state index in [1.54, 1.807) is 6.07 Å². The quantitative estimate of drug-likeness (QED) is 0.563. The molecule has 1 aromatic rings. The number of hydrogen-bond acceptors (Lipinski definition) is 4. The van der Waals surface area contributed by atoms with Gasteiger partial charge in [-0.3, -0.25) is 15.1 Å². The van der Waals surface area contributed by atoms with Gasteiger partial charge in [0.25, 0.3) is 5.69 Å². The Morgan fingerprint density at radius 1 is 1.62 bits per heavy atom. The van der Waals surface area contributed by atoms with Gasteiger partial charge in [-0.25, -0.2) is 0 Å². The van der Waals surface area contributed by atoms with Gasteiger partial charge in [0.05, 0.1) is 10.6 Å². The first-order chi connectivity index (χ1) is 6.15. The molecule has 1 heterocycles. The summed E-state index contributed by atoms with van der Waals surface area (Å²) in [4.78, 5) is 13.8. The van der Waals surface area contributed by atoms with Crippen molar-refractivity contribution in [1.82, 2.24) is 10.3 Å². The Balaban J connectivity index is 2.87. The van der Waals surface area contributed by atoms with Gasteiger partial charge in [-0.05, 0) is 20.0 Å². The molecule has 0 aliphatic carbocycles. The van der Waals surface area contributed by atoms with Crippen LogP contribution in [0.4, 0.5) is 5.69 Å². The molecule has 0 fully saturated rings. The SMILES string of the molecule is CN[C@H](C)c1ccc([N+](=O)[O-])cn1. The molecule has 0 radical (unpaired) electrons. The van der Waals surface area contributed by atoms with Crippen LogP contribution in [0.15, 0.2) is 18.3 Å². The van der Waals surface area contributed by atoms with Crippen LogP contribution < -0.4 is 5.32 Å². The van der Waals surface area contributed by atoms with Gasteiger partial charge < -0.3 is 5.32 Å². The van der Waals surface area contributed by atoms with Gasteiger partial charge in [0, 0.05) is 12.1 Å². The summed E-state index contributed by atoms with van der Waals surface area (Å²) >= 11 is 0. The van der Waals surface area contributed by atoms with E-state index in [2.05, 4.69) is 10.3 Å². The van der Waals surface area contributed by atoms with Gasteiger partial charge in [-0.15, -0.1) is 0 Å². The summed E-state index contributed by atoms with van der Waals surface area (Å²) in [6, 6.07) is 3.22. The van der Waals surface area contributed by atoms with E-state index in [1.807, 2.05) is 14.0 Å². The number of hydrogen-bond donors (Lipinski definition) is 1. The summed E-state index contributed by atoms with van der Waals surface area (Å²) in [5, 5.41) is 13.3. The lowest BCUT2D eigenvalue weighted by atomic mass is 10.2. The molecular formula is C8H11N3O2. The Labute approximate surface area is 75.9 Å². The summed E-state index contributed by atoms with van der Waals surface area (Å²) in [6.45, 7) is 1.94. The van der Waals surface area contributed by atoms with E-state index in [4.69, 9.17) is 0 Å². The second kappa shape index (κ2) is 3.95. The van der Waals surface area contributed by atoms with Crippen LogP contribution in [0.5, 0.6) is 0 Å². The highest BCUT2D eigenvalue weighted by Crippen LogP contribution is 2.13. The third-order valence-corrected chi connectivity index (χ3v) is 1.86. The molecule has 5 nitrogen and oxygen atoms in total. The van der Waals surface area contributed by atoms with Crippen LogP contribution in [0.3, 0.4) is 0 Å². The normalized spacial score (nSPS) is 12.5. The molecule has 0 unspecified atom stereocenters. The summed E-state index contributed by atoms with van der Waals surface area (Å²) < 4.78 is 0. The summed E-state index contributed by atoms with van der Waals surface area (Å²) in [5.74, 6) is 0. The minimum absolute atomic E-state index is 0.0204. The van der Waals surface area contributed by atoms with E-state index in [1.165, 1.54) is 12.3 Å². The Morgan fingerprint density at radius 3 is 2.69 bits per heavy atom. The molecule has 0 aliphatic heterocycles. The Hall–Kier alpha value is -1.49. The molecule has 13 heavy (non-hydrogen) atoms. The highest BCUT2D eigenvalue weighted by Gasteiger charge is 2.08. The molecule has 0 saturated carbocycles. The first-order valence-electron chi connectivity index (χ1n) is 3.92. The second-order valence-corrected chi connectivity index (χ2v) is 2.71. The van der Waals surface area contributed by atoms with Crippen molar-refractivity contribution in [3.05, 3.63) is 34.1 Å². The predicted octanol–water partition coefficient (Wildman–Crippen LogP) is 1.27. The van der Waals surface area contributed by atoms with Crippen LogP contribution in [-0.4, -0.2) is 17.0 Å². The van der Waals surface area contributed by atoms with Gasteiger partial charge in [-0.1, -0.05) is 0 Å². The van der Waals surface area contributed by atoms with Gasteiger partial charge in [0.1, 0.15) is 6.20 Å². The van der Waals surface area contributed by atoms with Crippen molar-refractivity contribution in [3.8, 4) is 0 Å². The lowest BCUT2D eigenvalue weighted by Crippen LogP contribution is -2.13. The zero-order valence-electron chi connectivity index (χ0n) is 7.52. The molecular weight excluding hydrogens is 170 g/mol. The monoisotopic (exact) mass is 181 g/mol. The lowest BCUT2D eigenvalue weighted by molar-refractivity contribution is -0.385. The molecule has 0 spiro atoms. The molecule has 1 rings (SSSR count). The minimum atomic E-state index is -0.458.